The van der Waals surface area contributed by atoms with Crippen LogP contribution in [0, 0.1) is 0 Å². The van der Waals surface area contributed by atoms with Crippen LogP contribution in [0.5, 0.6) is 0 Å². The molecule has 0 saturated heterocycles. The molecule has 4 nitrogen and oxygen atoms in total. The van der Waals surface area contributed by atoms with Gasteiger partial charge in [-0.3, -0.25) is 9.78 Å². The number of alkyl halides is 1. The molecule has 0 saturated carbocycles. The molecule has 0 aliphatic carbocycles. The predicted octanol–water partition coefficient (Wildman–Crippen LogP) is 2.22. The van der Waals surface area contributed by atoms with E-state index in [1.807, 2.05) is 24.3 Å². The standard InChI is InChI=1S/C14H15ClN2O2/c15-6-9-19-10-8-17-14(18)12-5-1-3-11-4-2-7-16-13(11)12/h1-5,7H,6,8-10H2,(H,17,18). The SMILES string of the molecule is O=C(NCCOCCCl)c1cccc2cccnc12. The molecular formula is C14H15ClN2O2. The molecule has 1 heterocycles. The lowest BCUT2D eigenvalue weighted by molar-refractivity contribution is 0.0925. The molecule has 19 heavy (non-hydrogen) atoms. The molecule has 0 unspecified atom stereocenters. The fourth-order valence-electron chi connectivity index (χ4n) is 1.78. The minimum atomic E-state index is -0.140. The number of rotatable bonds is 6. The molecule has 100 valence electrons. The third-order valence-corrected chi connectivity index (χ3v) is 2.79. The second kappa shape index (κ2) is 7.07. The fraction of sp³-hybridized carbons (Fsp3) is 0.286. The minimum Gasteiger partial charge on any atom is -0.378 e. The van der Waals surface area contributed by atoms with E-state index in [1.54, 1.807) is 12.3 Å². The van der Waals surface area contributed by atoms with Crippen LogP contribution in [0.15, 0.2) is 36.5 Å². The summed E-state index contributed by atoms with van der Waals surface area (Å²) in [5.41, 5.74) is 1.29. The Hall–Kier alpha value is -1.65. The van der Waals surface area contributed by atoms with Crippen LogP contribution in [-0.2, 0) is 4.74 Å². The number of carbonyl (C=O) groups is 1. The van der Waals surface area contributed by atoms with Crippen LogP contribution < -0.4 is 5.32 Å². The van der Waals surface area contributed by atoms with Crippen LogP contribution in [-0.4, -0.2) is 36.5 Å². The normalized spacial score (nSPS) is 10.6. The van der Waals surface area contributed by atoms with Gasteiger partial charge in [0.05, 0.1) is 24.3 Å². The van der Waals surface area contributed by atoms with Crippen LogP contribution in [0.25, 0.3) is 10.9 Å². The van der Waals surface area contributed by atoms with Crippen molar-refractivity contribution in [3.63, 3.8) is 0 Å². The Morgan fingerprint density at radius 1 is 1.26 bits per heavy atom. The third-order valence-electron chi connectivity index (χ3n) is 2.63. The van der Waals surface area contributed by atoms with Gasteiger partial charge >= 0.3 is 0 Å². The number of aromatic nitrogens is 1. The number of para-hydroxylation sites is 1. The molecule has 0 bridgehead atoms. The molecule has 0 fully saturated rings. The highest BCUT2D eigenvalue weighted by molar-refractivity contribution is 6.17. The number of amides is 1. The summed E-state index contributed by atoms with van der Waals surface area (Å²) >= 11 is 5.48. The van der Waals surface area contributed by atoms with Gasteiger partial charge in [-0.05, 0) is 12.1 Å². The number of pyridine rings is 1. The van der Waals surface area contributed by atoms with Crippen LogP contribution in [0.4, 0.5) is 0 Å². The summed E-state index contributed by atoms with van der Waals surface area (Å²) < 4.78 is 5.19. The van der Waals surface area contributed by atoms with Crippen molar-refractivity contribution in [1.29, 1.82) is 0 Å². The number of fused-ring (bicyclic) bond motifs is 1. The molecule has 1 aromatic heterocycles. The highest BCUT2D eigenvalue weighted by Gasteiger charge is 2.09. The molecule has 2 rings (SSSR count). The van der Waals surface area contributed by atoms with Crippen molar-refractivity contribution in [2.45, 2.75) is 0 Å². The van der Waals surface area contributed by atoms with Crippen molar-refractivity contribution in [1.82, 2.24) is 10.3 Å². The van der Waals surface area contributed by atoms with E-state index in [4.69, 9.17) is 16.3 Å². The first-order valence-electron chi connectivity index (χ1n) is 6.08. The van der Waals surface area contributed by atoms with E-state index in [0.29, 0.717) is 36.7 Å². The predicted molar refractivity (Wildman–Crippen MR) is 75.6 cm³/mol. The lowest BCUT2D eigenvalue weighted by atomic mass is 10.1. The Labute approximate surface area is 116 Å². The van der Waals surface area contributed by atoms with Gasteiger partial charge in [-0.25, -0.2) is 0 Å². The van der Waals surface area contributed by atoms with Crippen molar-refractivity contribution < 1.29 is 9.53 Å². The van der Waals surface area contributed by atoms with E-state index < -0.39 is 0 Å². The second-order valence-electron chi connectivity index (χ2n) is 3.94. The van der Waals surface area contributed by atoms with Gasteiger partial charge in [0.1, 0.15) is 0 Å². The van der Waals surface area contributed by atoms with E-state index in [-0.39, 0.29) is 5.91 Å². The minimum absolute atomic E-state index is 0.140. The van der Waals surface area contributed by atoms with Crippen LogP contribution in [0.1, 0.15) is 10.4 Å². The number of nitrogens with one attached hydrogen (secondary N) is 1. The van der Waals surface area contributed by atoms with E-state index >= 15 is 0 Å². The first-order valence-corrected chi connectivity index (χ1v) is 6.62. The average Bonchev–Trinajstić information content (AvgIpc) is 2.46. The molecule has 1 N–H and O–H groups in total. The zero-order valence-corrected chi connectivity index (χ0v) is 11.2. The third kappa shape index (κ3) is 3.66. The van der Waals surface area contributed by atoms with Gasteiger partial charge in [-0.2, -0.15) is 0 Å². The Morgan fingerprint density at radius 2 is 2.11 bits per heavy atom. The Morgan fingerprint density at radius 3 is 2.95 bits per heavy atom. The van der Waals surface area contributed by atoms with Crippen LogP contribution >= 0.6 is 11.6 Å². The summed E-state index contributed by atoms with van der Waals surface area (Å²) in [6.45, 7) is 1.41. The highest BCUT2D eigenvalue weighted by Crippen LogP contribution is 2.15. The monoisotopic (exact) mass is 278 g/mol. The van der Waals surface area contributed by atoms with Crippen molar-refractivity contribution in [3.05, 3.63) is 42.1 Å². The molecular weight excluding hydrogens is 264 g/mol. The summed E-state index contributed by atoms with van der Waals surface area (Å²) in [4.78, 5) is 16.3. The molecule has 1 amide bonds. The van der Waals surface area contributed by atoms with Gasteiger partial charge in [-0.15, -0.1) is 11.6 Å². The van der Waals surface area contributed by atoms with E-state index in [1.165, 1.54) is 0 Å². The lowest BCUT2D eigenvalue weighted by Gasteiger charge is -2.07. The zero-order chi connectivity index (χ0) is 13.5. The topological polar surface area (TPSA) is 51.2 Å². The maximum absolute atomic E-state index is 12.1. The first-order chi connectivity index (χ1) is 9.33. The number of ether oxygens (including phenoxy) is 1. The molecule has 0 spiro atoms. The quantitative estimate of drug-likeness (QED) is 0.651. The van der Waals surface area contributed by atoms with E-state index in [2.05, 4.69) is 10.3 Å². The maximum atomic E-state index is 12.1. The summed E-state index contributed by atoms with van der Waals surface area (Å²) in [6.07, 6.45) is 1.68. The maximum Gasteiger partial charge on any atom is 0.253 e. The van der Waals surface area contributed by atoms with Gasteiger partial charge in [0.2, 0.25) is 0 Å². The molecule has 0 atom stereocenters. The first kappa shape index (κ1) is 13.8. The molecule has 0 aliphatic rings. The van der Waals surface area contributed by atoms with Crippen molar-refractivity contribution in [3.8, 4) is 0 Å². The summed E-state index contributed by atoms with van der Waals surface area (Å²) in [5.74, 6) is 0.319. The fourth-order valence-corrected chi connectivity index (χ4v) is 1.89. The molecule has 5 heteroatoms. The highest BCUT2D eigenvalue weighted by atomic mass is 35.5. The Bertz CT molecular complexity index is 555. The molecule has 0 radical (unpaired) electrons. The van der Waals surface area contributed by atoms with Crippen LogP contribution in [0.3, 0.4) is 0 Å². The number of carbonyl (C=O) groups excluding carboxylic acids is 1. The van der Waals surface area contributed by atoms with Gasteiger partial charge in [0, 0.05) is 24.0 Å². The van der Waals surface area contributed by atoms with Gasteiger partial charge in [0.25, 0.3) is 5.91 Å². The number of nitrogens with zero attached hydrogens (tertiary/aromatic N) is 1. The second-order valence-corrected chi connectivity index (χ2v) is 4.32. The summed E-state index contributed by atoms with van der Waals surface area (Å²) in [6, 6.07) is 9.34. The number of halogens is 1. The van der Waals surface area contributed by atoms with Gasteiger partial charge in [0.15, 0.2) is 0 Å². The molecule has 2 aromatic rings. The van der Waals surface area contributed by atoms with E-state index in [0.717, 1.165) is 5.39 Å². The Kier molecular flexibility index (Phi) is 5.12. The van der Waals surface area contributed by atoms with E-state index in [9.17, 15) is 4.79 Å². The number of hydrogen-bond donors (Lipinski definition) is 1. The number of benzene rings is 1. The molecule has 1 aromatic carbocycles. The van der Waals surface area contributed by atoms with Gasteiger partial charge < -0.3 is 10.1 Å². The Balaban J connectivity index is 2.01. The number of hydrogen-bond acceptors (Lipinski definition) is 3. The van der Waals surface area contributed by atoms with Crippen molar-refractivity contribution in [2.24, 2.45) is 0 Å². The van der Waals surface area contributed by atoms with Crippen LogP contribution in [0.2, 0.25) is 0 Å². The zero-order valence-electron chi connectivity index (χ0n) is 10.4. The molecule has 0 aliphatic heterocycles. The van der Waals surface area contributed by atoms with Gasteiger partial charge in [-0.1, -0.05) is 18.2 Å². The summed E-state index contributed by atoms with van der Waals surface area (Å²) in [5, 5.41) is 3.76. The average molecular weight is 279 g/mol. The largest absolute Gasteiger partial charge is 0.378 e. The lowest BCUT2D eigenvalue weighted by Crippen LogP contribution is -2.27. The smallest absolute Gasteiger partial charge is 0.253 e. The summed E-state index contributed by atoms with van der Waals surface area (Å²) in [7, 11) is 0. The van der Waals surface area contributed by atoms with Crippen molar-refractivity contribution in [2.75, 3.05) is 25.6 Å². The van der Waals surface area contributed by atoms with Crippen molar-refractivity contribution >= 4 is 28.4 Å².